The maximum absolute atomic E-state index is 10.4. The van der Waals surface area contributed by atoms with E-state index in [2.05, 4.69) is 0 Å². The van der Waals surface area contributed by atoms with Gasteiger partial charge in [0.05, 0.1) is 0 Å². The number of hydrogen-bond donors (Lipinski definition) is 3. The molecule has 0 aromatic heterocycles. The number of carbonyl (C=O) groups excluding carboxylic acids is 2. The fraction of sp³-hybridized carbons (Fsp3) is 0.308. The summed E-state index contributed by atoms with van der Waals surface area (Å²) in [4.78, 5) is 30.0. The number of carboxylic acid groups (broad SMARTS) is 1. The topological polar surface area (TPSA) is 118 Å². The highest BCUT2D eigenvalue weighted by Gasteiger charge is 2.11. The Morgan fingerprint density at radius 1 is 1.11 bits per heavy atom. The second kappa shape index (κ2) is 7.99. The highest BCUT2D eigenvalue weighted by Crippen LogP contribution is 2.10. The second-order valence-electron chi connectivity index (χ2n) is 3.93. The first kappa shape index (κ1) is 16.8. The lowest BCUT2D eigenvalue weighted by molar-refractivity contribution is -0.138. The average molecular weight is 267 g/mol. The standard InChI is InChI=1S/C9H11NO3.C4H6O2/c10-8(9(12)13)5-6-1-3-7(11)4-2-6;1-3(5)4(2)6/h1-4,8,11H,5,10H2,(H,12,13);1-2H3/t8-;/m0./s1. The first-order valence-corrected chi connectivity index (χ1v) is 5.51. The van der Waals surface area contributed by atoms with Crippen LogP contribution in [0, 0.1) is 0 Å². The predicted octanol–water partition coefficient (Wildman–Crippen LogP) is 0.511. The number of nitrogens with two attached hydrogens (primary N) is 1. The lowest BCUT2D eigenvalue weighted by Gasteiger charge is -2.05. The summed E-state index contributed by atoms with van der Waals surface area (Å²) in [5.74, 6) is -1.62. The van der Waals surface area contributed by atoms with E-state index in [1.807, 2.05) is 0 Å². The number of ketones is 2. The molecule has 4 N–H and O–H groups in total. The minimum atomic E-state index is -1.02. The smallest absolute Gasteiger partial charge is 0.320 e. The highest BCUT2D eigenvalue weighted by atomic mass is 16.4. The molecule has 1 aromatic carbocycles. The third-order valence-electron chi connectivity index (χ3n) is 2.20. The van der Waals surface area contributed by atoms with Crippen molar-refractivity contribution in [2.45, 2.75) is 26.3 Å². The molecular weight excluding hydrogens is 250 g/mol. The minimum Gasteiger partial charge on any atom is -0.508 e. The quantitative estimate of drug-likeness (QED) is 0.684. The first-order valence-electron chi connectivity index (χ1n) is 5.51. The van der Waals surface area contributed by atoms with Crippen molar-refractivity contribution >= 4 is 17.5 Å². The lowest BCUT2D eigenvalue weighted by Crippen LogP contribution is -2.32. The SMILES string of the molecule is CC(=O)C(C)=O.N[C@@H](Cc1ccc(O)cc1)C(=O)O. The van der Waals surface area contributed by atoms with E-state index in [1.165, 1.54) is 26.0 Å². The number of aliphatic carboxylic acids is 1. The van der Waals surface area contributed by atoms with Crippen molar-refractivity contribution in [1.82, 2.24) is 0 Å². The average Bonchev–Trinajstić information content (AvgIpc) is 2.32. The molecule has 0 aliphatic heterocycles. The van der Waals surface area contributed by atoms with Gasteiger partial charge in [0.1, 0.15) is 11.8 Å². The third kappa shape index (κ3) is 7.67. The molecule has 1 atom stereocenters. The molecule has 0 saturated heterocycles. The molecule has 0 aliphatic rings. The molecule has 0 heterocycles. The molecule has 0 fully saturated rings. The number of phenolic OH excluding ortho intramolecular Hbond substituents is 1. The maximum atomic E-state index is 10.4. The van der Waals surface area contributed by atoms with Crippen molar-refractivity contribution in [3.63, 3.8) is 0 Å². The van der Waals surface area contributed by atoms with Crippen LogP contribution in [0.2, 0.25) is 0 Å². The Morgan fingerprint density at radius 3 is 1.84 bits per heavy atom. The number of carboxylic acids is 1. The van der Waals surface area contributed by atoms with Crippen LogP contribution < -0.4 is 5.73 Å². The Bertz CT molecular complexity index is 441. The molecule has 19 heavy (non-hydrogen) atoms. The van der Waals surface area contributed by atoms with Crippen LogP contribution in [0.25, 0.3) is 0 Å². The Hall–Kier alpha value is -2.21. The van der Waals surface area contributed by atoms with Crippen LogP contribution in [-0.4, -0.2) is 33.8 Å². The van der Waals surface area contributed by atoms with Gasteiger partial charge in [-0.15, -0.1) is 0 Å². The number of aromatic hydroxyl groups is 1. The molecular formula is C13H17NO5. The van der Waals surface area contributed by atoms with E-state index in [4.69, 9.17) is 15.9 Å². The van der Waals surface area contributed by atoms with Crippen molar-refractivity contribution in [3.8, 4) is 5.75 Å². The molecule has 0 spiro atoms. The predicted molar refractivity (Wildman–Crippen MR) is 68.8 cm³/mol. The first-order chi connectivity index (χ1) is 8.73. The molecule has 0 unspecified atom stereocenters. The van der Waals surface area contributed by atoms with Gasteiger partial charge in [-0.1, -0.05) is 12.1 Å². The van der Waals surface area contributed by atoms with Crippen LogP contribution in [0.4, 0.5) is 0 Å². The zero-order valence-corrected chi connectivity index (χ0v) is 10.8. The van der Waals surface area contributed by atoms with E-state index >= 15 is 0 Å². The monoisotopic (exact) mass is 267 g/mol. The molecule has 0 amide bonds. The molecule has 1 rings (SSSR count). The zero-order valence-electron chi connectivity index (χ0n) is 10.8. The van der Waals surface area contributed by atoms with Gasteiger partial charge in [0.2, 0.25) is 0 Å². The number of rotatable bonds is 4. The Kier molecular flexibility index (Phi) is 7.06. The number of Topliss-reactive ketones (excluding diaryl/α,β-unsaturated/α-hetero) is 2. The second-order valence-corrected chi connectivity index (χ2v) is 3.93. The van der Waals surface area contributed by atoms with Crippen LogP contribution in [0.1, 0.15) is 19.4 Å². The molecule has 0 aliphatic carbocycles. The Balaban J connectivity index is 0.000000459. The zero-order chi connectivity index (χ0) is 15.0. The van der Waals surface area contributed by atoms with Crippen molar-refractivity contribution < 1.29 is 24.6 Å². The van der Waals surface area contributed by atoms with Crippen LogP contribution >= 0.6 is 0 Å². The van der Waals surface area contributed by atoms with Gasteiger partial charge in [-0.3, -0.25) is 14.4 Å². The van der Waals surface area contributed by atoms with Crippen molar-refractivity contribution in [3.05, 3.63) is 29.8 Å². The summed E-state index contributed by atoms with van der Waals surface area (Å²) in [6.07, 6.45) is 0.273. The van der Waals surface area contributed by atoms with E-state index < -0.39 is 12.0 Å². The van der Waals surface area contributed by atoms with Gasteiger partial charge in [0, 0.05) is 13.8 Å². The van der Waals surface area contributed by atoms with Gasteiger partial charge in [0.15, 0.2) is 11.6 Å². The van der Waals surface area contributed by atoms with Gasteiger partial charge >= 0.3 is 5.97 Å². The molecule has 1 aromatic rings. The number of carbonyl (C=O) groups is 3. The van der Waals surface area contributed by atoms with Crippen molar-refractivity contribution in [2.24, 2.45) is 5.73 Å². The third-order valence-corrected chi connectivity index (χ3v) is 2.20. The van der Waals surface area contributed by atoms with Gasteiger partial charge in [0.25, 0.3) is 0 Å². The van der Waals surface area contributed by atoms with Gasteiger partial charge in [-0.2, -0.15) is 0 Å². The Morgan fingerprint density at radius 2 is 1.53 bits per heavy atom. The minimum absolute atomic E-state index is 0.160. The van der Waals surface area contributed by atoms with E-state index in [0.29, 0.717) is 0 Å². The van der Waals surface area contributed by atoms with Crippen LogP contribution in [0.5, 0.6) is 5.75 Å². The summed E-state index contributed by atoms with van der Waals surface area (Å²) in [5.41, 5.74) is 6.12. The van der Waals surface area contributed by atoms with E-state index in [-0.39, 0.29) is 23.7 Å². The van der Waals surface area contributed by atoms with E-state index in [1.54, 1.807) is 12.1 Å². The fourth-order valence-corrected chi connectivity index (χ4v) is 0.973. The Labute approximate surface area is 110 Å². The molecule has 6 nitrogen and oxygen atoms in total. The van der Waals surface area contributed by atoms with Crippen LogP contribution in [-0.2, 0) is 20.8 Å². The van der Waals surface area contributed by atoms with Gasteiger partial charge in [-0.25, -0.2) is 0 Å². The van der Waals surface area contributed by atoms with Gasteiger partial charge < -0.3 is 15.9 Å². The van der Waals surface area contributed by atoms with Gasteiger partial charge in [-0.05, 0) is 24.1 Å². The summed E-state index contributed by atoms with van der Waals surface area (Å²) >= 11 is 0. The molecule has 0 radical (unpaired) electrons. The van der Waals surface area contributed by atoms with E-state index in [0.717, 1.165) is 5.56 Å². The number of hydrogen-bond acceptors (Lipinski definition) is 5. The molecule has 0 saturated carbocycles. The maximum Gasteiger partial charge on any atom is 0.320 e. The summed E-state index contributed by atoms with van der Waals surface area (Å²) in [7, 11) is 0. The van der Waals surface area contributed by atoms with Crippen LogP contribution in [0.15, 0.2) is 24.3 Å². The summed E-state index contributed by atoms with van der Waals surface area (Å²) in [6, 6.07) is 5.42. The molecule has 6 heteroatoms. The summed E-state index contributed by atoms with van der Waals surface area (Å²) < 4.78 is 0. The van der Waals surface area contributed by atoms with Crippen molar-refractivity contribution in [2.75, 3.05) is 0 Å². The summed E-state index contributed by atoms with van der Waals surface area (Å²) in [5, 5.41) is 17.5. The largest absolute Gasteiger partial charge is 0.508 e. The molecule has 104 valence electrons. The van der Waals surface area contributed by atoms with Crippen molar-refractivity contribution in [1.29, 1.82) is 0 Å². The fourth-order valence-electron chi connectivity index (χ4n) is 0.973. The lowest BCUT2D eigenvalue weighted by atomic mass is 10.1. The highest BCUT2D eigenvalue weighted by molar-refractivity contribution is 6.35. The summed E-state index contributed by atoms with van der Waals surface area (Å²) in [6.45, 7) is 2.50. The number of phenols is 1. The van der Waals surface area contributed by atoms with E-state index in [9.17, 15) is 14.4 Å². The normalized spacial score (nSPS) is 10.9. The molecule has 0 bridgehead atoms. The number of benzene rings is 1. The van der Waals surface area contributed by atoms with Crippen LogP contribution in [0.3, 0.4) is 0 Å².